The summed E-state index contributed by atoms with van der Waals surface area (Å²) in [4.78, 5) is 19.1. The SMILES string of the molecule is Cc1cc(S(=O)(=O)C[C@@H]2CC[C@H](Nc3nc(NC4CC4)nc(C)c3-c3nc4c(C)nccc4s3)C2)ccc1F. The number of hydrogen-bond donors (Lipinski definition) is 2. The Bertz CT molecular complexity index is 1670. The second-order valence-electron chi connectivity index (χ2n) is 10.7. The molecule has 39 heavy (non-hydrogen) atoms. The van der Waals surface area contributed by atoms with Crippen molar-refractivity contribution in [1.82, 2.24) is 19.9 Å². The minimum absolute atomic E-state index is 0.00415. The Kier molecular flexibility index (Phi) is 6.74. The highest BCUT2D eigenvalue weighted by Gasteiger charge is 2.31. The topological polar surface area (TPSA) is 110 Å². The molecule has 2 atom stereocenters. The van der Waals surface area contributed by atoms with Crippen LogP contribution in [0, 0.1) is 32.5 Å². The number of aromatic nitrogens is 4. The molecule has 0 aliphatic heterocycles. The lowest BCUT2D eigenvalue weighted by Crippen LogP contribution is -2.21. The normalized spacial score (nSPS) is 19.5. The number of fused-ring (bicyclic) bond motifs is 1. The monoisotopic (exact) mass is 566 g/mol. The van der Waals surface area contributed by atoms with Gasteiger partial charge in [0.05, 0.1) is 32.3 Å². The summed E-state index contributed by atoms with van der Waals surface area (Å²) < 4.78 is 40.9. The number of aryl methyl sites for hydroxylation is 3. The first-order chi connectivity index (χ1) is 18.7. The summed E-state index contributed by atoms with van der Waals surface area (Å²) in [6.45, 7) is 5.52. The summed E-state index contributed by atoms with van der Waals surface area (Å²) in [6, 6.07) is 6.47. The van der Waals surface area contributed by atoms with Crippen molar-refractivity contribution in [3.63, 3.8) is 0 Å². The number of pyridine rings is 1. The summed E-state index contributed by atoms with van der Waals surface area (Å²) in [6.07, 6.45) is 6.35. The fourth-order valence-corrected chi connectivity index (χ4v) is 8.12. The van der Waals surface area contributed by atoms with Gasteiger partial charge in [-0.25, -0.2) is 22.8 Å². The van der Waals surface area contributed by atoms with Crippen LogP contribution in [0.4, 0.5) is 16.2 Å². The van der Waals surface area contributed by atoms with Gasteiger partial charge in [-0.3, -0.25) is 4.98 Å². The van der Waals surface area contributed by atoms with Crippen molar-refractivity contribution in [3.8, 4) is 10.6 Å². The standard InChI is InChI=1S/C28H31FN6O2S2/c1-15-12-21(8-9-22(15)29)39(36,37)14-18-4-5-20(13-18)32-26-24(16(2)31-28(35-26)33-19-6-7-19)27-34-25-17(3)30-11-10-23(25)38-27/h8-12,18-20H,4-7,13-14H2,1-3H3,(H2,31,32,33,35)/t18-,20+/m1/s1. The first kappa shape index (κ1) is 26.1. The van der Waals surface area contributed by atoms with Crippen molar-refractivity contribution in [2.24, 2.45) is 5.92 Å². The van der Waals surface area contributed by atoms with E-state index in [0.717, 1.165) is 63.7 Å². The quantitative estimate of drug-likeness (QED) is 0.256. The number of thiazole rings is 1. The van der Waals surface area contributed by atoms with Gasteiger partial charge in [0.15, 0.2) is 9.84 Å². The average Bonchev–Trinajstić information content (AvgIpc) is 3.41. The third-order valence-electron chi connectivity index (χ3n) is 7.53. The number of benzene rings is 1. The minimum atomic E-state index is -3.51. The van der Waals surface area contributed by atoms with E-state index in [4.69, 9.17) is 15.0 Å². The van der Waals surface area contributed by atoms with Gasteiger partial charge in [0, 0.05) is 18.3 Å². The highest BCUT2D eigenvalue weighted by molar-refractivity contribution is 7.91. The van der Waals surface area contributed by atoms with Gasteiger partial charge in [-0.15, -0.1) is 11.3 Å². The van der Waals surface area contributed by atoms with Crippen LogP contribution >= 0.6 is 11.3 Å². The van der Waals surface area contributed by atoms with Gasteiger partial charge in [-0.2, -0.15) is 4.98 Å². The number of halogens is 1. The Morgan fingerprint density at radius 1 is 0.974 bits per heavy atom. The Morgan fingerprint density at radius 2 is 1.77 bits per heavy atom. The molecule has 0 radical (unpaired) electrons. The molecule has 2 saturated carbocycles. The molecule has 2 aliphatic rings. The molecule has 1 aromatic carbocycles. The predicted octanol–water partition coefficient (Wildman–Crippen LogP) is 5.84. The largest absolute Gasteiger partial charge is 0.367 e. The number of sulfone groups is 1. The summed E-state index contributed by atoms with van der Waals surface area (Å²) in [5, 5.41) is 7.87. The van der Waals surface area contributed by atoms with Gasteiger partial charge < -0.3 is 10.6 Å². The van der Waals surface area contributed by atoms with E-state index >= 15 is 0 Å². The third-order valence-corrected chi connectivity index (χ3v) is 10.5. The van der Waals surface area contributed by atoms with Gasteiger partial charge in [0.25, 0.3) is 0 Å². The highest BCUT2D eigenvalue weighted by Crippen LogP contribution is 2.39. The molecule has 11 heteroatoms. The van der Waals surface area contributed by atoms with Crippen molar-refractivity contribution in [1.29, 1.82) is 0 Å². The molecule has 0 bridgehead atoms. The smallest absolute Gasteiger partial charge is 0.225 e. The molecule has 2 N–H and O–H groups in total. The van der Waals surface area contributed by atoms with E-state index in [1.807, 2.05) is 19.9 Å². The van der Waals surface area contributed by atoms with Crippen molar-refractivity contribution < 1.29 is 12.8 Å². The second-order valence-corrected chi connectivity index (χ2v) is 13.8. The van der Waals surface area contributed by atoms with Gasteiger partial charge >= 0.3 is 0 Å². The van der Waals surface area contributed by atoms with Crippen molar-refractivity contribution >= 4 is 43.2 Å². The lowest BCUT2D eigenvalue weighted by atomic mass is 10.1. The molecule has 2 fully saturated rings. The van der Waals surface area contributed by atoms with Crippen LogP contribution in [0.15, 0.2) is 35.4 Å². The van der Waals surface area contributed by atoms with E-state index in [1.165, 1.54) is 18.2 Å². The molecule has 0 spiro atoms. The number of rotatable bonds is 8. The molecule has 3 aromatic heterocycles. The molecule has 0 saturated heterocycles. The molecule has 204 valence electrons. The van der Waals surface area contributed by atoms with E-state index in [9.17, 15) is 12.8 Å². The van der Waals surface area contributed by atoms with Crippen LogP contribution in [0.5, 0.6) is 0 Å². The third kappa shape index (κ3) is 5.47. The van der Waals surface area contributed by atoms with Crippen LogP contribution in [-0.2, 0) is 9.84 Å². The highest BCUT2D eigenvalue weighted by atomic mass is 32.2. The molecule has 0 unspecified atom stereocenters. The zero-order valence-corrected chi connectivity index (χ0v) is 23.8. The summed E-state index contributed by atoms with van der Waals surface area (Å²) in [5.41, 5.74) is 3.81. The Hall–Kier alpha value is -3.18. The van der Waals surface area contributed by atoms with Gasteiger partial charge in [0.2, 0.25) is 5.95 Å². The van der Waals surface area contributed by atoms with Crippen LogP contribution in [0.1, 0.15) is 49.1 Å². The number of nitrogens with one attached hydrogen (secondary N) is 2. The van der Waals surface area contributed by atoms with Crippen molar-refractivity contribution in [2.75, 3.05) is 16.4 Å². The lowest BCUT2D eigenvalue weighted by Gasteiger charge is -2.18. The minimum Gasteiger partial charge on any atom is -0.367 e. The molecule has 2 aliphatic carbocycles. The number of nitrogens with zero attached hydrogens (tertiary/aromatic N) is 4. The molecular formula is C28H31FN6O2S2. The van der Waals surface area contributed by atoms with E-state index in [1.54, 1.807) is 24.5 Å². The maximum absolute atomic E-state index is 13.7. The van der Waals surface area contributed by atoms with Crippen LogP contribution in [0.3, 0.4) is 0 Å². The van der Waals surface area contributed by atoms with Crippen LogP contribution in [0.2, 0.25) is 0 Å². The fourth-order valence-electron chi connectivity index (χ4n) is 5.27. The maximum atomic E-state index is 13.7. The summed E-state index contributed by atoms with van der Waals surface area (Å²) in [7, 11) is -3.51. The van der Waals surface area contributed by atoms with Gasteiger partial charge in [-0.05, 0) is 88.6 Å². The fraction of sp³-hybridized carbons (Fsp3) is 0.429. The molecule has 3 heterocycles. The first-order valence-corrected chi connectivity index (χ1v) is 15.8. The summed E-state index contributed by atoms with van der Waals surface area (Å²) in [5.74, 6) is 0.974. The summed E-state index contributed by atoms with van der Waals surface area (Å²) >= 11 is 1.59. The molecule has 8 nitrogen and oxygen atoms in total. The zero-order valence-electron chi connectivity index (χ0n) is 22.2. The molecule has 6 rings (SSSR count). The Labute approximate surface area is 231 Å². The number of anilines is 2. The van der Waals surface area contributed by atoms with E-state index < -0.39 is 15.7 Å². The van der Waals surface area contributed by atoms with Gasteiger partial charge in [-0.1, -0.05) is 0 Å². The second kappa shape index (κ2) is 10.1. The van der Waals surface area contributed by atoms with Crippen LogP contribution in [0.25, 0.3) is 20.8 Å². The number of hydrogen-bond acceptors (Lipinski definition) is 9. The van der Waals surface area contributed by atoms with E-state index in [0.29, 0.717) is 24.0 Å². The van der Waals surface area contributed by atoms with Crippen LogP contribution < -0.4 is 10.6 Å². The Morgan fingerprint density at radius 3 is 2.51 bits per heavy atom. The van der Waals surface area contributed by atoms with E-state index in [2.05, 4.69) is 15.6 Å². The lowest BCUT2D eigenvalue weighted by molar-refractivity contribution is 0.555. The van der Waals surface area contributed by atoms with Gasteiger partial charge in [0.1, 0.15) is 22.2 Å². The van der Waals surface area contributed by atoms with Crippen LogP contribution in [-0.4, -0.2) is 46.2 Å². The maximum Gasteiger partial charge on any atom is 0.225 e. The van der Waals surface area contributed by atoms with E-state index in [-0.39, 0.29) is 22.6 Å². The average molecular weight is 567 g/mol. The molecule has 0 amide bonds. The zero-order chi connectivity index (χ0) is 27.3. The molecular weight excluding hydrogens is 535 g/mol. The first-order valence-electron chi connectivity index (χ1n) is 13.3. The Balaban J connectivity index is 1.25. The van der Waals surface area contributed by atoms with Crippen molar-refractivity contribution in [3.05, 3.63) is 53.2 Å². The van der Waals surface area contributed by atoms with Crippen molar-refractivity contribution in [2.45, 2.75) is 69.9 Å². The predicted molar refractivity (Wildman–Crippen MR) is 153 cm³/mol. The molecule has 4 aromatic rings.